The fourth-order valence-electron chi connectivity index (χ4n) is 2.14. The Labute approximate surface area is 124 Å². The zero-order valence-electron chi connectivity index (χ0n) is 11.4. The fraction of sp³-hybridized carbons (Fsp3) is 0.308. The van der Waals surface area contributed by atoms with Crippen molar-refractivity contribution in [3.05, 3.63) is 29.6 Å². The van der Waals surface area contributed by atoms with Gasteiger partial charge in [-0.2, -0.15) is 0 Å². The molecule has 1 aromatic carbocycles. The first-order valence-electron chi connectivity index (χ1n) is 6.32. The molecule has 2 rings (SSSR count). The van der Waals surface area contributed by atoms with Crippen molar-refractivity contribution < 1.29 is 18.5 Å². The van der Waals surface area contributed by atoms with Crippen molar-refractivity contribution in [2.45, 2.75) is 0 Å². The molecule has 1 heterocycles. The van der Waals surface area contributed by atoms with E-state index in [2.05, 4.69) is 10.0 Å². The van der Waals surface area contributed by atoms with Gasteiger partial charge in [-0.15, -0.1) is 0 Å². The number of hydrogen-bond donors (Lipinski definition) is 3. The molecule has 0 aromatic heterocycles. The minimum Gasteiger partial charge on any atom is -0.506 e. The third kappa shape index (κ3) is 3.12. The normalized spacial score (nSPS) is 15.6. The molecule has 114 valence electrons. The van der Waals surface area contributed by atoms with Crippen LogP contribution in [0.4, 0.5) is 10.1 Å². The summed E-state index contributed by atoms with van der Waals surface area (Å²) in [6, 6.07) is 2.80. The second kappa shape index (κ2) is 6.79. The fourth-order valence-corrected chi connectivity index (χ4v) is 2.90. The van der Waals surface area contributed by atoms with Gasteiger partial charge in [0.15, 0.2) is 17.0 Å². The molecule has 0 bridgehead atoms. The average Bonchev–Trinajstić information content (AvgIpc) is 2.99. The average molecular weight is 313 g/mol. The van der Waals surface area contributed by atoms with Crippen LogP contribution in [-0.4, -0.2) is 42.3 Å². The van der Waals surface area contributed by atoms with Crippen molar-refractivity contribution in [2.75, 3.05) is 31.0 Å². The number of anilines is 1. The van der Waals surface area contributed by atoms with Gasteiger partial charge >= 0.3 is 0 Å². The number of halogens is 1. The minimum atomic E-state index is -1.83. The summed E-state index contributed by atoms with van der Waals surface area (Å²) in [5.74, 6) is -1.07. The Morgan fingerprint density at radius 1 is 1.57 bits per heavy atom. The van der Waals surface area contributed by atoms with Gasteiger partial charge < -0.3 is 15.2 Å². The van der Waals surface area contributed by atoms with Crippen molar-refractivity contribution in [1.82, 2.24) is 10.0 Å². The Kier molecular flexibility index (Phi) is 5.05. The number of aromatic hydroxyl groups is 1. The van der Waals surface area contributed by atoms with Crippen molar-refractivity contribution >= 4 is 28.7 Å². The second-order valence-corrected chi connectivity index (χ2v) is 5.68. The maximum atomic E-state index is 14.7. The number of carbonyl (C=O) groups is 1. The van der Waals surface area contributed by atoms with E-state index < -0.39 is 17.0 Å². The van der Waals surface area contributed by atoms with E-state index in [0.717, 1.165) is 9.88 Å². The number of aldehydes is 1. The summed E-state index contributed by atoms with van der Waals surface area (Å²) in [5.41, 5.74) is 0.826. The number of rotatable bonds is 6. The maximum Gasteiger partial charge on any atom is 0.196 e. The Balaban J connectivity index is 2.52. The summed E-state index contributed by atoms with van der Waals surface area (Å²) in [5, 5.41) is 13.0. The van der Waals surface area contributed by atoms with Gasteiger partial charge in [0.05, 0.1) is 6.54 Å². The molecule has 0 amide bonds. The van der Waals surface area contributed by atoms with Crippen molar-refractivity contribution in [2.24, 2.45) is 0 Å². The standard InChI is InChI=1S/C13H16FN3O3S/c1-15-21(20)17(6-7-18)13-11(19)3-2-10(12(13)14)9-4-5-16-8-9/h2-4,7,15-16,19H,5-6,8H2,1H3. The highest BCUT2D eigenvalue weighted by molar-refractivity contribution is 7.84. The third-order valence-electron chi connectivity index (χ3n) is 3.11. The molecule has 0 fully saturated rings. The predicted molar refractivity (Wildman–Crippen MR) is 79.5 cm³/mol. The van der Waals surface area contributed by atoms with Gasteiger partial charge in [0.25, 0.3) is 0 Å². The molecular formula is C13H16FN3O3S. The number of carbonyl (C=O) groups excluding carboxylic acids is 1. The number of phenolic OH excluding ortho intramolecular Hbond substituents is 1. The Morgan fingerprint density at radius 2 is 2.33 bits per heavy atom. The predicted octanol–water partition coefficient (Wildman–Crippen LogP) is 0.321. The van der Waals surface area contributed by atoms with Crippen LogP contribution < -0.4 is 14.3 Å². The zero-order chi connectivity index (χ0) is 15.4. The van der Waals surface area contributed by atoms with Crippen LogP contribution in [0, 0.1) is 5.82 Å². The Hall–Kier alpha value is -1.77. The van der Waals surface area contributed by atoms with Crippen LogP contribution in [0.3, 0.4) is 0 Å². The SMILES string of the molecule is CNS(=O)N(CC=O)c1c(O)ccc(C2=CCNC2)c1F. The van der Waals surface area contributed by atoms with Gasteiger partial charge in [-0.1, -0.05) is 6.08 Å². The first kappa shape index (κ1) is 15.6. The Bertz CT molecular complexity index is 607. The molecular weight excluding hydrogens is 297 g/mol. The van der Waals surface area contributed by atoms with E-state index in [4.69, 9.17) is 0 Å². The van der Waals surface area contributed by atoms with Crippen molar-refractivity contribution in [1.29, 1.82) is 0 Å². The molecule has 1 aromatic rings. The summed E-state index contributed by atoms with van der Waals surface area (Å²) in [7, 11) is 1.41. The third-order valence-corrected chi connectivity index (χ3v) is 4.19. The highest BCUT2D eigenvalue weighted by atomic mass is 32.2. The van der Waals surface area contributed by atoms with Crippen LogP contribution in [0.2, 0.25) is 0 Å². The van der Waals surface area contributed by atoms with Crippen LogP contribution in [0.15, 0.2) is 18.2 Å². The largest absolute Gasteiger partial charge is 0.506 e. The summed E-state index contributed by atoms with van der Waals surface area (Å²) in [4.78, 5) is 10.7. The maximum absolute atomic E-state index is 14.7. The van der Waals surface area contributed by atoms with E-state index >= 15 is 0 Å². The lowest BCUT2D eigenvalue weighted by molar-refractivity contribution is -0.106. The van der Waals surface area contributed by atoms with Crippen molar-refractivity contribution in [3.8, 4) is 5.75 Å². The molecule has 0 aliphatic carbocycles. The molecule has 1 unspecified atom stereocenters. The highest BCUT2D eigenvalue weighted by Gasteiger charge is 2.24. The lowest BCUT2D eigenvalue weighted by Gasteiger charge is -2.22. The van der Waals surface area contributed by atoms with Crippen LogP contribution in [-0.2, 0) is 16.0 Å². The summed E-state index contributed by atoms with van der Waals surface area (Å²) >= 11 is -1.83. The van der Waals surface area contributed by atoms with Gasteiger partial charge in [0.1, 0.15) is 17.7 Å². The monoisotopic (exact) mass is 313 g/mol. The van der Waals surface area contributed by atoms with Crippen LogP contribution in [0.5, 0.6) is 5.75 Å². The quantitative estimate of drug-likeness (QED) is 0.661. The number of nitrogens with zero attached hydrogens (tertiary/aromatic N) is 1. The minimum absolute atomic E-state index is 0.250. The molecule has 1 aliphatic rings. The summed E-state index contributed by atoms with van der Waals surface area (Å²) in [6.07, 6.45) is 2.34. The van der Waals surface area contributed by atoms with Crippen LogP contribution >= 0.6 is 0 Å². The molecule has 6 nitrogen and oxygen atoms in total. The first-order chi connectivity index (χ1) is 10.1. The Morgan fingerprint density at radius 3 is 2.90 bits per heavy atom. The topological polar surface area (TPSA) is 81.7 Å². The van der Waals surface area contributed by atoms with E-state index in [0.29, 0.717) is 24.9 Å². The molecule has 1 aliphatic heterocycles. The molecule has 0 saturated heterocycles. The summed E-state index contributed by atoms with van der Waals surface area (Å²) in [6.45, 7) is 0.855. The lowest BCUT2D eigenvalue weighted by Crippen LogP contribution is -2.35. The number of phenols is 1. The number of nitrogens with one attached hydrogen (secondary N) is 2. The van der Waals surface area contributed by atoms with E-state index in [1.165, 1.54) is 19.2 Å². The molecule has 0 radical (unpaired) electrons. The van der Waals surface area contributed by atoms with Gasteiger partial charge in [-0.3, -0.25) is 4.31 Å². The lowest BCUT2D eigenvalue weighted by atomic mass is 10.0. The van der Waals surface area contributed by atoms with Gasteiger partial charge in [-0.25, -0.2) is 13.3 Å². The van der Waals surface area contributed by atoms with Crippen LogP contribution in [0.1, 0.15) is 5.56 Å². The van der Waals surface area contributed by atoms with Crippen molar-refractivity contribution in [3.63, 3.8) is 0 Å². The highest BCUT2D eigenvalue weighted by Crippen LogP contribution is 2.35. The molecule has 8 heteroatoms. The first-order valence-corrected chi connectivity index (χ1v) is 7.42. The van der Waals surface area contributed by atoms with Gasteiger partial charge in [0, 0.05) is 18.7 Å². The second-order valence-electron chi connectivity index (χ2n) is 4.34. The van der Waals surface area contributed by atoms with E-state index in [-0.39, 0.29) is 18.0 Å². The molecule has 0 spiro atoms. The van der Waals surface area contributed by atoms with Crippen LogP contribution in [0.25, 0.3) is 5.57 Å². The zero-order valence-corrected chi connectivity index (χ0v) is 12.2. The smallest absolute Gasteiger partial charge is 0.196 e. The molecule has 3 N–H and O–H groups in total. The number of benzene rings is 1. The van der Waals surface area contributed by atoms with Gasteiger partial charge in [0.2, 0.25) is 0 Å². The summed E-state index contributed by atoms with van der Waals surface area (Å²) < 4.78 is 30.0. The van der Waals surface area contributed by atoms with E-state index in [1.54, 1.807) is 0 Å². The van der Waals surface area contributed by atoms with Gasteiger partial charge in [-0.05, 0) is 24.8 Å². The molecule has 21 heavy (non-hydrogen) atoms. The molecule has 1 atom stereocenters. The van der Waals surface area contributed by atoms with E-state index in [9.17, 15) is 18.5 Å². The molecule has 0 saturated carbocycles. The number of hydrogen-bond acceptors (Lipinski definition) is 4. The van der Waals surface area contributed by atoms with E-state index in [1.807, 2.05) is 6.08 Å².